The summed E-state index contributed by atoms with van der Waals surface area (Å²) in [6, 6.07) is 7.45. The number of rotatable bonds is 3. The Hall–Kier alpha value is -1.39. The second kappa shape index (κ2) is 5.50. The van der Waals surface area contributed by atoms with E-state index in [0.29, 0.717) is 25.3 Å². The molecule has 0 radical (unpaired) electrons. The van der Waals surface area contributed by atoms with Gasteiger partial charge in [0.1, 0.15) is 0 Å². The van der Waals surface area contributed by atoms with Crippen LogP contribution in [0.5, 0.6) is 0 Å². The van der Waals surface area contributed by atoms with Crippen molar-refractivity contribution in [2.75, 3.05) is 13.2 Å². The van der Waals surface area contributed by atoms with Crippen LogP contribution < -0.4 is 11.1 Å². The van der Waals surface area contributed by atoms with Gasteiger partial charge < -0.3 is 15.8 Å². The Balaban J connectivity index is 2.06. The zero-order valence-electron chi connectivity index (χ0n) is 10.7. The van der Waals surface area contributed by atoms with Gasteiger partial charge in [-0.05, 0) is 37.5 Å². The van der Waals surface area contributed by atoms with Gasteiger partial charge in [-0.15, -0.1) is 0 Å². The van der Waals surface area contributed by atoms with Crippen LogP contribution in [0.4, 0.5) is 0 Å². The summed E-state index contributed by atoms with van der Waals surface area (Å²) in [6.45, 7) is 3.94. The minimum atomic E-state index is -0.159. The van der Waals surface area contributed by atoms with Crippen molar-refractivity contribution in [3.8, 4) is 0 Å². The van der Waals surface area contributed by atoms with Gasteiger partial charge in [-0.1, -0.05) is 12.1 Å². The smallest absolute Gasteiger partial charge is 0.251 e. The lowest BCUT2D eigenvalue weighted by Crippen LogP contribution is -2.49. The number of ether oxygens (including phenoxy) is 1. The van der Waals surface area contributed by atoms with Gasteiger partial charge in [0.2, 0.25) is 0 Å². The molecule has 2 rings (SSSR count). The second-order valence-corrected chi connectivity index (χ2v) is 5.03. The van der Waals surface area contributed by atoms with E-state index in [2.05, 4.69) is 12.2 Å². The molecule has 1 fully saturated rings. The van der Waals surface area contributed by atoms with Crippen LogP contribution in [0, 0.1) is 0 Å². The second-order valence-electron chi connectivity index (χ2n) is 5.03. The molecule has 0 aliphatic carbocycles. The van der Waals surface area contributed by atoms with Crippen LogP contribution in [0.25, 0.3) is 0 Å². The lowest BCUT2D eigenvalue weighted by Gasteiger charge is -2.34. The molecular formula is C14H20N2O2. The van der Waals surface area contributed by atoms with E-state index < -0.39 is 0 Å². The third-order valence-corrected chi connectivity index (χ3v) is 3.44. The number of hydrogen-bond acceptors (Lipinski definition) is 3. The van der Waals surface area contributed by atoms with Crippen molar-refractivity contribution in [3.63, 3.8) is 0 Å². The molecular weight excluding hydrogens is 228 g/mol. The highest BCUT2D eigenvalue weighted by Gasteiger charge is 2.29. The SMILES string of the molecule is CC1(NC(=O)c2cccc(CN)c2)CCOCC1. The van der Waals surface area contributed by atoms with E-state index in [1.54, 1.807) is 0 Å². The van der Waals surface area contributed by atoms with E-state index in [1.165, 1.54) is 0 Å². The minimum Gasteiger partial charge on any atom is -0.381 e. The van der Waals surface area contributed by atoms with Gasteiger partial charge in [-0.3, -0.25) is 4.79 Å². The van der Waals surface area contributed by atoms with E-state index in [4.69, 9.17) is 10.5 Å². The summed E-state index contributed by atoms with van der Waals surface area (Å²) < 4.78 is 5.32. The minimum absolute atomic E-state index is 0.0327. The van der Waals surface area contributed by atoms with Crippen molar-refractivity contribution in [1.82, 2.24) is 5.32 Å². The van der Waals surface area contributed by atoms with E-state index in [-0.39, 0.29) is 11.4 Å². The van der Waals surface area contributed by atoms with Crippen LogP contribution in [0.1, 0.15) is 35.7 Å². The Morgan fingerprint density at radius 2 is 2.17 bits per heavy atom. The Morgan fingerprint density at radius 1 is 1.44 bits per heavy atom. The largest absolute Gasteiger partial charge is 0.381 e. The van der Waals surface area contributed by atoms with Crippen LogP contribution >= 0.6 is 0 Å². The monoisotopic (exact) mass is 248 g/mol. The zero-order chi connectivity index (χ0) is 13.0. The maximum Gasteiger partial charge on any atom is 0.251 e. The van der Waals surface area contributed by atoms with Crippen LogP contribution in [0.2, 0.25) is 0 Å². The van der Waals surface area contributed by atoms with E-state index in [9.17, 15) is 4.79 Å². The molecule has 4 heteroatoms. The Labute approximate surface area is 108 Å². The normalized spacial score (nSPS) is 18.3. The number of nitrogens with two attached hydrogens (primary N) is 1. The van der Waals surface area contributed by atoms with Gasteiger partial charge in [0.25, 0.3) is 5.91 Å². The van der Waals surface area contributed by atoms with E-state index in [1.807, 2.05) is 24.3 Å². The molecule has 4 nitrogen and oxygen atoms in total. The van der Waals surface area contributed by atoms with Gasteiger partial charge in [0, 0.05) is 30.9 Å². The van der Waals surface area contributed by atoms with Crippen molar-refractivity contribution >= 4 is 5.91 Å². The molecule has 18 heavy (non-hydrogen) atoms. The number of amides is 1. The molecule has 0 unspecified atom stereocenters. The van der Waals surface area contributed by atoms with Crippen molar-refractivity contribution in [2.45, 2.75) is 31.8 Å². The molecule has 3 N–H and O–H groups in total. The molecule has 1 aliphatic rings. The fourth-order valence-electron chi connectivity index (χ4n) is 2.13. The summed E-state index contributed by atoms with van der Waals surface area (Å²) in [5.41, 5.74) is 7.07. The predicted octanol–water partition coefficient (Wildman–Crippen LogP) is 1.44. The van der Waals surface area contributed by atoms with Crippen LogP contribution in [0.3, 0.4) is 0 Å². The molecule has 0 atom stereocenters. The average molecular weight is 248 g/mol. The summed E-state index contributed by atoms with van der Waals surface area (Å²) in [6.07, 6.45) is 1.71. The molecule has 0 aromatic heterocycles. The summed E-state index contributed by atoms with van der Waals surface area (Å²) >= 11 is 0. The molecule has 1 amide bonds. The molecule has 1 aromatic carbocycles. The third-order valence-electron chi connectivity index (χ3n) is 3.44. The zero-order valence-corrected chi connectivity index (χ0v) is 10.7. The van der Waals surface area contributed by atoms with Crippen molar-refractivity contribution in [2.24, 2.45) is 5.73 Å². The first kappa shape index (κ1) is 13.1. The summed E-state index contributed by atoms with van der Waals surface area (Å²) in [5.74, 6) is -0.0327. The van der Waals surface area contributed by atoms with Gasteiger partial charge in [0.05, 0.1) is 0 Å². The van der Waals surface area contributed by atoms with Crippen LogP contribution in [-0.2, 0) is 11.3 Å². The summed E-state index contributed by atoms with van der Waals surface area (Å²) in [4.78, 5) is 12.2. The Bertz CT molecular complexity index is 426. The standard InChI is InChI=1S/C14H20N2O2/c1-14(5-7-18-8-6-14)16-13(17)12-4-2-3-11(9-12)10-15/h2-4,9H,5-8,10,15H2,1H3,(H,16,17). The highest BCUT2D eigenvalue weighted by Crippen LogP contribution is 2.20. The number of carbonyl (C=O) groups is 1. The van der Waals surface area contributed by atoms with Crippen molar-refractivity contribution < 1.29 is 9.53 Å². The third kappa shape index (κ3) is 3.09. The Morgan fingerprint density at radius 3 is 2.83 bits per heavy atom. The van der Waals surface area contributed by atoms with Crippen LogP contribution in [0.15, 0.2) is 24.3 Å². The number of nitrogens with one attached hydrogen (secondary N) is 1. The fourth-order valence-corrected chi connectivity index (χ4v) is 2.13. The topological polar surface area (TPSA) is 64.4 Å². The van der Waals surface area contributed by atoms with Gasteiger partial charge >= 0.3 is 0 Å². The highest BCUT2D eigenvalue weighted by atomic mass is 16.5. The number of carbonyl (C=O) groups excluding carboxylic acids is 1. The number of hydrogen-bond donors (Lipinski definition) is 2. The lowest BCUT2D eigenvalue weighted by atomic mass is 9.92. The lowest BCUT2D eigenvalue weighted by molar-refractivity contribution is 0.0423. The first-order valence-electron chi connectivity index (χ1n) is 6.32. The summed E-state index contributed by atoms with van der Waals surface area (Å²) in [5, 5.41) is 3.10. The maximum absolute atomic E-state index is 12.2. The summed E-state index contributed by atoms with van der Waals surface area (Å²) in [7, 11) is 0. The quantitative estimate of drug-likeness (QED) is 0.850. The Kier molecular flexibility index (Phi) is 3.99. The molecule has 1 saturated heterocycles. The average Bonchev–Trinajstić information content (AvgIpc) is 2.39. The number of benzene rings is 1. The maximum atomic E-state index is 12.2. The molecule has 1 aromatic rings. The first-order valence-corrected chi connectivity index (χ1v) is 6.32. The predicted molar refractivity (Wildman–Crippen MR) is 70.3 cm³/mol. The molecule has 0 saturated carbocycles. The highest BCUT2D eigenvalue weighted by molar-refractivity contribution is 5.94. The van der Waals surface area contributed by atoms with Gasteiger partial charge in [-0.25, -0.2) is 0 Å². The molecule has 98 valence electrons. The van der Waals surface area contributed by atoms with Gasteiger partial charge in [-0.2, -0.15) is 0 Å². The molecule has 0 spiro atoms. The fraction of sp³-hybridized carbons (Fsp3) is 0.500. The molecule has 1 heterocycles. The molecule has 0 bridgehead atoms. The van der Waals surface area contributed by atoms with Gasteiger partial charge in [0.15, 0.2) is 0 Å². The van der Waals surface area contributed by atoms with E-state index in [0.717, 1.165) is 18.4 Å². The first-order chi connectivity index (χ1) is 8.63. The van der Waals surface area contributed by atoms with Crippen molar-refractivity contribution in [3.05, 3.63) is 35.4 Å². The van der Waals surface area contributed by atoms with Crippen LogP contribution in [-0.4, -0.2) is 24.7 Å². The van der Waals surface area contributed by atoms with E-state index >= 15 is 0 Å². The molecule has 1 aliphatic heterocycles. The van der Waals surface area contributed by atoms with Crippen molar-refractivity contribution in [1.29, 1.82) is 0 Å².